The molecule has 3 heterocycles. The van der Waals surface area contributed by atoms with Crippen LogP contribution in [-0.2, 0) is 68.8 Å². The molecule has 80 heavy (non-hydrogen) atoms. The number of para-hydroxylation sites is 1. The van der Waals surface area contributed by atoms with E-state index in [0.717, 1.165) is 10.9 Å². The largest absolute Gasteiger partial charge is 0.508 e. The maximum Gasteiger partial charge on any atom is 0.305 e. The number of benzene rings is 4. The van der Waals surface area contributed by atoms with Crippen molar-refractivity contribution in [3.63, 3.8) is 0 Å². The highest BCUT2D eigenvalue weighted by atomic mass is 16.4. The molecule has 13 N–H and O–H groups in total. The van der Waals surface area contributed by atoms with E-state index in [-0.39, 0.29) is 63.1 Å². The zero-order valence-corrected chi connectivity index (χ0v) is 44.6. The fourth-order valence-electron chi connectivity index (χ4n) is 9.99. The summed E-state index contributed by atoms with van der Waals surface area (Å²) in [6.07, 6.45) is 1.35. The van der Waals surface area contributed by atoms with Gasteiger partial charge < -0.3 is 68.2 Å². The van der Waals surface area contributed by atoms with E-state index in [2.05, 4.69) is 42.2 Å². The molecular formula is C58H70N10O12. The number of nitrogens with two attached hydrogens (primary N) is 1. The van der Waals surface area contributed by atoms with Crippen LogP contribution >= 0.6 is 0 Å². The number of carboxylic acid groups (broad SMARTS) is 1. The van der Waals surface area contributed by atoms with Crippen molar-refractivity contribution < 1.29 is 58.5 Å². The molecule has 0 aliphatic carbocycles. The van der Waals surface area contributed by atoms with Gasteiger partial charge in [0.2, 0.25) is 47.3 Å². The summed E-state index contributed by atoms with van der Waals surface area (Å²) >= 11 is 0. The first-order chi connectivity index (χ1) is 38.4. The normalized spacial score (nSPS) is 23.2. The Bertz CT molecular complexity index is 3010. The standard InChI is InChI=1S/C58H70N10O12/c1-33(2)50-57(79)66-47(29-36-19-23-39(70)24-20-36)58(80)68-26-10-16-48(68)56(78)65-44(28-35-17-21-38(69)22-18-35)53(75)64-46(31-49(71)72)55(77)62-43(27-34-11-4-3-5-12-34)52(74)63-45(30-37-32-60-41-14-7-6-13-40(37)41)54(76)61-42(51(73)67-50)15-8-9-25-59/h3-7,11-14,17-24,32-33,42-48,50,60,69-70H,8-10,15-16,25-31,59H2,1-2H3,(H,61,76)(H,62,77)(H,63,74)(H,64,75)(H,65,78)(H,66,79)(H,67,73)(H,71,72)/t42-,43-,44-,45-,46-,47-,48-,50+/m0/s1. The van der Waals surface area contributed by atoms with Crippen molar-refractivity contribution in [2.24, 2.45) is 11.7 Å². The molecule has 22 nitrogen and oxygen atoms in total. The van der Waals surface area contributed by atoms with Crippen LogP contribution in [0.4, 0.5) is 0 Å². The molecular weight excluding hydrogens is 1030 g/mol. The number of aromatic hydroxyl groups is 2. The third kappa shape index (κ3) is 15.9. The average molecular weight is 1100 g/mol. The molecule has 8 amide bonds. The number of rotatable bonds is 15. The quantitative estimate of drug-likeness (QED) is 0.0663. The van der Waals surface area contributed by atoms with Gasteiger partial charge in [-0.1, -0.05) is 86.6 Å². The molecule has 2 saturated heterocycles. The molecule has 2 aliphatic heterocycles. The molecule has 0 unspecified atom stereocenters. The Morgan fingerprint density at radius 1 is 0.562 bits per heavy atom. The first-order valence-electron chi connectivity index (χ1n) is 26.9. The van der Waals surface area contributed by atoms with Gasteiger partial charge in [-0.3, -0.25) is 43.2 Å². The van der Waals surface area contributed by atoms with Gasteiger partial charge in [-0.25, -0.2) is 0 Å². The van der Waals surface area contributed by atoms with E-state index in [1.165, 1.54) is 41.3 Å². The molecule has 4 aromatic carbocycles. The number of nitrogens with zero attached hydrogens (tertiary/aromatic N) is 1. The first kappa shape index (κ1) is 58.9. The van der Waals surface area contributed by atoms with Crippen LogP contribution in [0.3, 0.4) is 0 Å². The van der Waals surface area contributed by atoms with Gasteiger partial charge in [0.15, 0.2) is 0 Å². The molecule has 0 spiro atoms. The third-order valence-corrected chi connectivity index (χ3v) is 14.3. The molecule has 2 aliphatic rings. The van der Waals surface area contributed by atoms with Crippen LogP contribution in [0.2, 0.25) is 0 Å². The maximum absolute atomic E-state index is 14.9. The van der Waals surface area contributed by atoms with Crippen molar-refractivity contribution in [2.75, 3.05) is 13.1 Å². The lowest BCUT2D eigenvalue weighted by molar-refractivity contribution is -0.143. The molecule has 5 aromatic rings. The number of hydrogen-bond donors (Lipinski definition) is 12. The summed E-state index contributed by atoms with van der Waals surface area (Å²) in [5.41, 5.74) is 8.71. The number of unbranched alkanes of at least 4 members (excludes halogenated alkanes) is 1. The topological polar surface area (TPSA) is 344 Å². The van der Waals surface area contributed by atoms with Crippen LogP contribution in [0.25, 0.3) is 10.9 Å². The predicted octanol–water partition coefficient (Wildman–Crippen LogP) is 1.51. The van der Waals surface area contributed by atoms with Crippen molar-refractivity contribution in [2.45, 2.75) is 126 Å². The smallest absolute Gasteiger partial charge is 0.305 e. The number of nitrogens with one attached hydrogen (secondary N) is 8. The number of carbonyl (C=O) groups excluding carboxylic acids is 8. The highest BCUT2D eigenvalue weighted by molar-refractivity contribution is 6.00. The zero-order valence-electron chi connectivity index (χ0n) is 44.6. The Morgan fingerprint density at radius 3 is 1.64 bits per heavy atom. The second kappa shape index (κ2) is 27.7. The van der Waals surface area contributed by atoms with Crippen molar-refractivity contribution in [1.82, 2.24) is 47.1 Å². The minimum atomic E-state index is -1.85. The first-order valence-corrected chi connectivity index (χ1v) is 26.9. The van der Waals surface area contributed by atoms with Crippen LogP contribution in [0.5, 0.6) is 11.5 Å². The van der Waals surface area contributed by atoms with Crippen molar-refractivity contribution >= 4 is 64.1 Å². The monoisotopic (exact) mass is 1100 g/mol. The van der Waals surface area contributed by atoms with Crippen molar-refractivity contribution in [3.05, 3.63) is 132 Å². The molecule has 0 bridgehead atoms. The molecule has 424 valence electrons. The molecule has 7 rings (SSSR count). The Morgan fingerprint density at radius 2 is 1.05 bits per heavy atom. The highest BCUT2D eigenvalue weighted by Gasteiger charge is 2.41. The van der Waals surface area contributed by atoms with Crippen LogP contribution < -0.4 is 43.0 Å². The maximum atomic E-state index is 14.9. The van der Waals surface area contributed by atoms with E-state index in [0.29, 0.717) is 41.5 Å². The molecule has 1 aromatic heterocycles. The number of aromatic amines is 1. The Balaban J connectivity index is 1.32. The second-order valence-electron chi connectivity index (χ2n) is 20.7. The molecule has 2 fully saturated rings. The van der Waals surface area contributed by atoms with E-state index in [4.69, 9.17) is 5.73 Å². The Kier molecular flexibility index (Phi) is 20.4. The van der Waals surface area contributed by atoms with Gasteiger partial charge in [0.25, 0.3) is 0 Å². The number of carboxylic acids is 1. The minimum absolute atomic E-state index is 0.0501. The number of phenolic OH excluding ortho intramolecular Hbond substituents is 2. The number of H-pyrrole nitrogens is 1. The van der Waals surface area contributed by atoms with Gasteiger partial charge in [0.05, 0.1) is 6.42 Å². The summed E-state index contributed by atoms with van der Waals surface area (Å²) in [5, 5.41) is 50.1. The van der Waals surface area contributed by atoms with Crippen LogP contribution in [0.15, 0.2) is 109 Å². The predicted molar refractivity (Wildman–Crippen MR) is 294 cm³/mol. The Labute approximate surface area is 462 Å². The molecule has 0 radical (unpaired) electrons. The lowest BCUT2D eigenvalue weighted by Gasteiger charge is -2.32. The summed E-state index contributed by atoms with van der Waals surface area (Å²) in [5.74, 6) is -8.99. The highest BCUT2D eigenvalue weighted by Crippen LogP contribution is 2.23. The zero-order chi connectivity index (χ0) is 57.5. The van der Waals surface area contributed by atoms with E-state index in [1.54, 1.807) is 68.6 Å². The minimum Gasteiger partial charge on any atom is -0.508 e. The Hall–Kier alpha value is -8.79. The molecule has 22 heteroatoms. The van der Waals surface area contributed by atoms with Gasteiger partial charge in [-0.05, 0) is 97.2 Å². The summed E-state index contributed by atoms with van der Waals surface area (Å²) in [4.78, 5) is 134. The summed E-state index contributed by atoms with van der Waals surface area (Å²) < 4.78 is 0. The van der Waals surface area contributed by atoms with Crippen molar-refractivity contribution in [1.29, 1.82) is 0 Å². The number of phenols is 2. The van der Waals surface area contributed by atoms with E-state index in [9.17, 15) is 58.5 Å². The van der Waals surface area contributed by atoms with E-state index >= 15 is 0 Å². The van der Waals surface area contributed by atoms with Gasteiger partial charge >= 0.3 is 5.97 Å². The summed E-state index contributed by atoms with van der Waals surface area (Å²) in [7, 11) is 0. The molecule has 0 saturated carbocycles. The van der Waals surface area contributed by atoms with Crippen LogP contribution in [0, 0.1) is 5.92 Å². The van der Waals surface area contributed by atoms with Crippen LogP contribution in [0.1, 0.15) is 74.6 Å². The third-order valence-electron chi connectivity index (χ3n) is 14.3. The lowest BCUT2D eigenvalue weighted by atomic mass is 9.99. The van der Waals surface area contributed by atoms with Crippen molar-refractivity contribution in [3.8, 4) is 11.5 Å². The fourth-order valence-corrected chi connectivity index (χ4v) is 9.99. The second-order valence-corrected chi connectivity index (χ2v) is 20.7. The van der Waals surface area contributed by atoms with Crippen LogP contribution in [-0.4, -0.2) is 140 Å². The average Bonchev–Trinajstić information content (AvgIpc) is 4.14. The lowest BCUT2D eigenvalue weighted by Crippen LogP contribution is -2.62. The number of hydrogen-bond acceptors (Lipinski definition) is 12. The summed E-state index contributed by atoms with van der Waals surface area (Å²) in [6, 6.07) is 16.0. The van der Waals surface area contributed by atoms with Gasteiger partial charge in [-0.2, -0.15) is 0 Å². The number of fused-ring (bicyclic) bond motifs is 2. The number of aromatic nitrogens is 1. The van der Waals surface area contributed by atoms with Gasteiger partial charge in [0, 0.05) is 49.3 Å². The summed E-state index contributed by atoms with van der Waals surface area (Å²) in [6.45, 7) is 3.69. The van der Waals surface area contributed by atoms with Gasteiger partial charge in [0.1, 0.15) is 59.8 Å². The van der Waals surface area contributed by atoms with E-state index in [1.807, 2.05) is 18.2 Å². The molecule has 8 atom stereocenters. The SMILES string of the molecule is CC(C)[C@H]1NC(=O)[C@H](CCCCN)NC(=O)[C@H](Cc2c[nH]c3ccccc23)NC(=O)[C@H](Cc2ccccc2)NC(=O)[C@H](CC(=O)O)NC(=O)[C@H](Cc2ccc(O)cc2)NC(=O)[C@@H]2CCCN2C(=O)[C@H](Cc2ccc(O)cc2)NC1=O. The number of carbonyl (C=O) groups is 9. The number of amides is 8. The van der Waals surface area contributed by atoms with Gasteiger partial charge in [-0.15, -0.1) is 0 Å². The van der Waals surface area contributed by atoms with E-state index < -0.39 is 114 Å². The number of aliphatic carboxylic acids is 1. The fraction of sp³-hybridized carbons (Fsp3) is 0.397.